The number of benzene rings is 3. The summed E-state index contributed by atoms with van der Waals surface area (Å²) in [4.78, 5) is 12.5. The van der Waals surface area contributed by atoms with Gasteiger partial charge in [-0.15, -0.1) is 0 Å². The van der Waals surface area contributed by atoms with Crippen molar-refractivity contribution in [2.45, 2.75) is 31.9 Å². The van der Waals surface area contributed by atoms with Crippen LogP contribution in [0, 0.1) is 3.57 Å². The molecule has 0 saturated carbocycles. The van der Waals surface area contributed by atoms with Crippen molar-refractivity contribution in [3.63, 3.8) is 0 Å². The lowest BCUT2D eigenvalue weighted by molar-refractivity contribution is 0.0270. The minimum atomic E-state index is -0.230. The fraction of sp³-hybridized carbons (Fsp3) is 0.192. The molecule has 0 saturated heterocycles. The first-order chi connectivity index (χ1) is 14.7. The highest BCUT2D eigenvalue weighted by molar-refractivity contribution is 14.1. The lowest BCUT2D eigenvalue weighted by Gasteiger charge is -2.24. The summed E-state index contributed by atoms with van der Waals surface area (Å²) in [5.74, 6) is -0.230. The minimum absolute atomic E-state index is 0.0808. The monoisotopic (exact) mass is 507 g/mol. The van der Waals surface area contributed by atoms with Crippen LogP contribution in [0.2, 0.25) is 0 Å². The van der Waals surface area contributed by atoms with E-state index in [0.717, 1.165) is 25.8 Å². The number of hydrogen-bond acceptors (Lipinski definition) is 2. The number of aromatic nitrogens is 1. The third kappa shape index (κ3) is 3.76. The second-order valence-electron chi connectivity index (χ2n) is 7.79. The molecule has 1 aliphatic rings. The van der Waals surface area contributed by atoms with Crippen molar-refractivity contribution >= 4 is 39.5 Å². The summed E-state index contributed by atoms with van der Waals surface area (Å²) in [6, 6.07) is 26.6. The number of ether oxygens (including phenoxy) is 1. The van der Waals surface area contributed by atoms with Gasteiger partial charge in [0, 0.05) is 33.1 Å². The number of fused-ring (bicyclic) bond motifs is 3. The van der Waals surface area contributed by atoms with Gasteiger partial charge in [-0.05, 0) is 76.9 Å². The third-order valence-corrected chi connectivity index (χ3v) is 6.59. The Morgan fingerprint density at radius 3 is 2.50 bits per heavy atom. The van der Waals surface area contributed by atoms with Crippen molar-refractivity contribution < 1.29 is 9.53 Å². The Balaban J connectivity index is 1.44. The van der Waals surface area contributed by atoms with Crippen LogP contribution in [0.3, 0.4) is 0 Å². The summed E-state index contributed by atoms with van der Waals surface area (Å²) in [5, 5.41) is 1.28. The molecule has 0 unspecified atom stereocenters. The Labute approximate surface area is 189 Å². The van der Waals surface area contributed by atoms with Gasteiger partial charge in [-0.25, -0.2) is 4.79 Å². The first-order valence-corrected chi connectivity index (χ1v) is 11.4. The summed E-state index contributed by atoms with van der Waals surface area (Å²) in [5.41, 5.74) is 5.88. The molecule has 0 spiro atoms. The zero-order valence-electron chi connectivity index (χ0n) is 16.6. The number of hydrogen-bond donors (Lipinski definition) is 0. The molecule has 0 bridgehead atoms. The lowest BCUT2D eigenvalue weighted by atomic mass is 9.93. The van der Waals surface area contributed by atoms with Gasteiger partial charge in [-0.2, -0.15) is 0 Å². The van der Waals surface area contributed by atoms with Crippen molar-refractivity contribution in [1.29, 1.82) is 0 Å². The highest BCUT2D eigenvalue weighted by Crippen LogP contribution is 2.34. The first kappa shape index (κ1) is 19.4. The Kier molecular flexibility index (Phi) is 5.34. The van der Waals surface area contributed by atoms with Gasteiger partial charge in [-0.3, -0.25) is 0 Å². The molecule has 4 aromatic rings. The Bertz CT molecular complexity index is 1200. The van der Waals surface area contributed by atoms with E-state index in [-0.39, 0.29) is 12.1 Å². The van der Waals surface area contributed by atoms with E-state index >= 15 is 0 Å². The molecule has 1 atom stereocenters. The summed E-state index contributed by atoms with van der Waals surface area (Å²) < 4.78 is 9.57. The maximum atomic E-state index is 12.5. The van der Waals surface area contributed by atoms with E-state index in [1.165, 1.54) is 31.3 Å². The van der Waals surface area contributed by atoms with Crippen LogP contribution in [0.25, 0.3) is 10.9 Å². The van der Waals surface area contributed by atoms with Crippen molar-refractivity contribution in [3.8, 4) is 0 Å². The van der Waals surface area contributed by atoms with Crippen LogP contribution in [0.4, 0.5) is 0 Å². The molecule has 0 fully saturated rings. The van der Waals surface area contributed by atoms with Crippen LogP contribution in [-0.4, -0.2) is 16.6 Å². The number of nitrogens with zero attached hydrogens (tertiary/aromatic N) is 1. The SMILES string of the molecule is O=C(O[C@H]1CCc2c(c3ccccc3n2Cc2ccc(I)cc2)C1)c1ccccc1. The van der Waals surface area contributed by atoms with Crippen molar-refractivity contribution in [1.82, 2.24) is 4.57 Å². The minimum Gasteiger partial charge on any atom is -0.458 e. The van der Waals surface area contributed by atoms with E-state index in [4.69, 9.17) is 4.74 Å². The quantitative estimate of drug-likeness (QED) is 0.250. The van der Waals surface area contributed by atoms with Gasteiger partial charge in [0.1, 0.15) is 6.10 Å². The zero-order chi connectivity index (χ0) is 20.5. The highest BCUT2D eigenvalue weighted by Gasteiger charge is 2.27. The van der Waals surface area contributed by atoms with Crippen LogP contribution in [0.1, 0.15) is 33.6 Å². The van der Waals surface area contributed by atoms with Crippen LogP contribution < -0.4 is 0 Å². The van der Waals surface area contributed by atoms with Crippen molar-refractivity contribution in [2.24, 2.45) is 0 Å². The van der Waals surface area contributed by atoms with Gasteiger partial charge < -0.3 is 9.30 Å². The van der Waals surface area contributed by atoms with Crippen LogP contribution in [0.15, 0.2) is 78.9 Å². The van der Waals surface area contributed by atoms with E-state index in [1.807, 2.05) is 30.3 Å². The molecule has 3 aromatic carbocycles. The molecule has 1 heterocycles. The van der Waals surface area contributed by atoms with E-state index in [0.29, 0.717) is 5.56 Å². The zero-order valence-corrected chi connectivity index (χ0v) is 18.7. The second-order valence-corrected chi connectivity index (χ2v) is 9.04. The fourth-order valence-corrected chi connectivity index (χ4v) is 4.78. The van der Waals surface area contributed by atoms with E-state index in [1.54, 1.807) is 0 Å². The van der Waals surface area contributed by atoms with Crippen LogP contribution in [0.5, 0.6) is 0 Å². The Hall–Kier alpha value is -2.60. The number of esters is 1. The number of para-hydroxylation sites is 1. The fourth-order valence-electron chi connectivity index (χ4n) is 4.42. The maximum absolute atomic E-state index is 12.5. The molecule has 5 rings (SSSR count). The molecule has 4 heteroatoms. The molecular weight excluding hydrogens is 485 g/mol. The molecule has 30 heavy (non-hydrogen) atoms. The first-order valence-electron chi connectivity index (χ1n) is 10.3. The molecule has 1 aromatic heterocycles. The molecule has 0 amide bonds. The predicted octanol–water partition coefficient (Wildman–Crippen LogP) is 6.01. The van der Waals surface area contributed by atoms with Crippen LogP contribution >= 0.6 is 22.6 Å². The average molecular weight is 507 g/mol. The summed E-state index contributed by atoms with van der Waals surface area (Å²) in [6.07, 6.45) is 2.46. The van der Waals surface area contributed by atoms with Gasteiger partial charge in [0.25, 0.3) is 0 Å². The number of rotatable bonds is 4. The second kappa shape index (κ2) is 8.26. The summed E-state index contributed by atoms with van der Waals surface area (Å²) in [6.45, 7) is 0.862. The largest absolute Gasteiger partial charge is 0.458 e. The lowest BCUT2D eigenvalue weighted by Crippen LogP contribution is -2.26. The van der Waals surface area contributed by atoms with Gasteiger partial charge in [0.2, 0.25) is 0 Å². The highest BCUT2D eigenvalue weighted by atomic mass is 127. The van der Waals surface area contributed by atoms with Gasteiger partial charge in [0.15, 0.2) is 0 Å². The number of carbonyl (C=O) groups is 1. The Morgan fingerprint density at radius 2 is 1.70 bits per heavy atom. The molecule has 0 aliphatic heterocycles. The predicted molar refractivity (Wildman–Crippen MR) is 128 cm³/mol. The third-order valence-electron chi connectivity index (χ3n) is 5.87. The summed E-state index contributed by atoms with van der Waals surface area (Å²) in [7, 11) is 0. The molecule has 1 aliphatic carbocycles. The molecule has 3 nitrogen and oxygen atoms in total. The average Bonchev–Trinajstić information content (AvgIpc) is 3.09. The topological polar surface area (TPSA) is 31.2 Å². The molecule has 0 radical (unpaired) electrons. The molecule has 150 valence electrons. The van der Waals surface area contributed by atoms with E-state index < -0.39 is 0 Å². The molecular formula is C26H22INO2. The van der Waals surface area contributed by atoms with E-state index in [2.05, 4.69) is 75.7 Å². The number of halogens is 1. The smallest absolute Gasteiger partial charge is 0.338 e. The number of carbonyl (C=O) groups excluding carboxylic acids is 1. The maximum Gasteiger partial charge on any atom is 0.338 e. The van der Waals surface area contributed by atoms with Gasteiger partial charge in [0.05, 0.1) is 5.56 Å². The van der Waals surface area contributed by atoms with Gasteiger partial charge >= 0.3 is 5.97 Å². The van der Waals surface area contributed by atoms with Crippen molar-refractivity contribution in [2.75, 3.05) is 0 Å². The molecule has 0 N–H and O–H groups in total. The van der Waals surface area contributed by atoms with Crippen LogP contribution in [-0.2, 0) is 24.1 Å². The summed E-state index contributed by atoms with van der Waals surface area (Å²) >= 11 is 2.34. The van der Waals surface area contributed by atoms with Crippen molar-refractivity contribution in [3.05, 3.63) is 105 Å². The standard InChI is InChI=1S/C26H22INO2/c27-20-12-10-18(11-13-20)17-28-24-9-5-4-8-22(24)23-16-21(14-15-25(23)28)30-26(29)19-6-2-1-3-7-19/h1-13,21H,14-17H2/t21-/m0/s1. The Morgan fingerprint density at radius 1 is 0.967 bits per heavy atom. The normalized spacial score (nSPS) is 15.7. The van der Waals surface area contributed by atoms with E-state index in [9.17, 15) is 4.79 Å². The van der Waals surface area contributed by atoms with Gasteiger partial charge in [-0.1, -0.05) is 48.5 Å².